The molecule has 1 aliphatic heterocycles. The summed E-state index contributed by atoms with van der Waals surface area (Å²) in [6.45, 7) is 7.64. The predicted molar refractivity (Wildman–Crippen MR) is 114 cm³/mol. The van der Waals surface area contributed by atoms with E-state index in [1.807, 2.05) is 37.0 Å². The maximum atomic E-state index is 12.7. The molecule has 0 radical (unpaired) electrons. The van der Waals surface area contributed by atoms with E-state index < -0.39 is 0 Å². The summed E-state index contributed by atoms with van der Waals surface area (Å²) >= 11 is 0. The van der Waals surface area contributed by atoms with Gasteiger partial charge in [-0.25, -0.2) is 0 Å². The Morgan fingerprint density at radius 1 is 1.16 bits per heavy atom. The molecule has 3 aromatic rings. The third kappa shape index (κ3) is 5.42. The summed E-state index contributed by atoms with van der Waals surface area (Å²) in [5.74, 6) is 2.42. The lowest BCUT2D eigenvalue weighted by Crippen LogP contribution is -2.38. The van der Waals surface area contributed by atoms with Crippen molar-refractivity contribution in [2.75, 3.05) is 13.1 Å². The minimum Gasteiger partial charge on any atom is -0.426 e. The van der Waals surface area contributed by atoms with E-state index in [0.29, 0.717) is 30.1 Å². The molecule has 1 fully saturated rings. The first-order valence-corrected chi connectivity index (χ1v) is 10.6. The van der Waals surface area contributed by atoms with Crippen molar-refractivity contribution >= 4 is 12.0 Å². The Balaban J connectivity index is 1.36. The lowest BCUT2D eigenvalue weighted by Gasteiger charge is -2.30. The molecular formula is C22H27N7O2. The Bertz CT molecular complexity index is 1080. The molecule has 0 bridgehead atoms. The van der Waals surface area contributed by atoms with E-state index in [9.17, 15) is 4.79 Å². The van der Waals surface area contributed by atoms with Gasteiger partial charge in [-0.3, -0.25) is 4.79 Å². The average Bonchev–Trinajstić information content (AvgIpc) is 3.35. The fraction of sp³-hybridized carbons (Fsp3) is 0.455. The van der Waals surface area contributed by atoms with E-state index in [1.165, 1.54) is 0 Å². The van der Waals surface area contributed by atoms with Gasteiger partial charge in [-0.2, -0.15) is 4.80 Å². The van der Waals surface area contributed by atoms with Gasteiger partial charge in [0.15, 0.2) is 5.82 Å². The van der Waals surface area contributed by atoms with Gasteiger partial charge in [0.25, 0.3) is 0 Å². The molecule has 3 heterocycles. The van der Waals surface area contributed by atoms with Crippen LogP contribution in [0.5, 0.6) is 0 Å². The second-order valence-corrected chi connectivity index (χ2v) is 8.09. The van der Waals surface area contributed by atoms with Crippen molar-refractivity contribution in [1.29, 1.82) is 0 Å². The van der Waals surface area contributed by atoms with E-state index in [2.05, 4.69) is 31.7 Å². The molecule has 9 nitrogen and oxygen atoms in total. The third-order valence-electron chi connectivity index (χ3n) is 5.53. The topological polar surface area (TPSA) is 103 Å². The Hall–Kier alpha value is -3.36. The summed E-state index contributed by atoms with van der Waals surface area (Å²) in [5.41, 5.74) is 3.18. The van der Waals surface area contributed by atoms with Crippen molar-refractivity contribution in [3.05, 3.63) is 58.6 Å². The highest BCUT2D eigenvalue weighted by Gasteiger charge is 2.23. The summed E-state index contributed by atoms with van der Waals surface area (Å²) in [4.78, 5) is 16.2. The first-order valence-electron chi connectivity index (χ1n) is 10.6. The highest BCUT2D eigenvalue weighted by Crippen LogP contribution is 2.22. The number of tetrazole rings is 1. The van der Waals surface area contributed by atoms with E-state index in [1.54, 1.807) is 17.8 Å². The zero-order valence-electron chi connectivity index (χ0n) is 18.2. The minimum absolute atomic E-state index is 0.0355. The van der Waals surface area contributed by atoms with E-state index in [-0.39, 0.29) is 5.91 Å². The molecule has 0 unspecified atom stereocenters. The highest BCUT2D eigenvalue weighted by atomic mass is 16.4. The second-order valence-electron chi connectivity index (χ2n) is 8.09. The molecule has 2 aromatic heterocycles. The van der Waals surface area contributed by atoms with Crippen molar-refractivity contribution in [2.45, 2.75) is 46.6 Å². The molecule has 1 aliphatic rings. The predicted octanol–water partition coefficient (Wildman–Crippen LogP) is 2.52. The number of aromatic nitrogens is 6. The number of rotatable bonds is 6. The van der Waals surface area contributed by atoms with Crippen LogP contribution in [0.1, 0.15) is 47.1 Å². The largest absolute Gasteiger partial charge is 0.426 e. The number of likely N-dealkylation sites (tertiary alicyclic amines) is 1. The number of piperidine rings is 1. The molecule has 9 heteroatoms. The summed E-state index contributed by atoms with van der Waals surface area (Å²) < 4.78 is 5.48. The van der Waals surface area contributed by atoms with E-state index >= 15 is 0 Å². The molecule has 4 rings (SSSR count). The van der Waals surface area contributed by atoms with Crippen molar-refractivity contribution in [3.63, 3.8) is 0 Å². The second kappa shape index (κ2) is 9.20. The minimum atomic E-state index is 0.0355. The first kappa shape index (κ1) is 20.9. The Morgan fingerprint density at radius 2 is 1.97 bits per heavy atom. The van der Waals surface area contributed by atoms with Gasteiger partial charge in [0, 0.05) is 32.5 Å². The smallest absolute Gasteiger partial charge is 0.246 e. The number of carbonyl (C=O) groups is 1. The Morgan fingerprint density at radius 3 is 2.65 bits per heavy atom. The number of hydrogen-bond donors (Lipinski definition) is 0. The maximum absolute atomic E-state index is 12.7. The standard InChI is InChI=1S/C22H27N7O2/c1-15-4-5-19(20(12-15)14-29-26-16(2)23-27-29)6-7-22(30)28-10-8-18(9-11-28)13-21-25-24-17(3)31-21/h4-7,12,18H,8-11,13-14H2,1-3H3/b7-6+. The van der Waals surface area contributed by atoms with Crippen LogP contribution in [0.25, 0.3) is 6.08 Å². The third-order valence-corrected chi connectivity index (χ3v) is 5.53. The summed E-state index contributed by atoms with van der Waals surface area (Å²) in [7, 11) is 0. The first-order chi connectivity index (χ1) is 15.0. The van der Waals surface area contributed by atoms with Gasteiger partial charge in [-0.15, -0.1) is 20.4 Å². The van der Waals surface area contributed by atoms with Crippen molar-refractivity contribution in [3.8, 4) is 0 Å². The van der Waals surface area contributed by atoms with Crippen molar-refractivity contribution < 1.29 is 9.21 Å². The number of benzene rings is 1. The highest BCUT2D eigenvalue weighted by molar-refractivity contribution is 5.92. The van der Waals surface area contributed by atoms with Gasteiger partial charge in [-0.05, 0) is 55.0 Å². The van der Waals surface area contributed by atoms with Crippen LogP contribution in [-0.2, 0) is 17.8 Å². The van der Waals surface area contributed by atoms with Gasteiger partial charge in [0.1, 0.15) is 0 Å². The molecule has 31 heavy (non-hydrogen) atoms. The number of nitrogens with zero attached hydrogens (tertiary/aromatic N) is 7. The summed E-state index contributed by atoms with van der Waals surface area (Å²) in [6.07, 6.45) is 6.20. The molecule has 0 N–H and O–H groups in total. The van der Waals surface area contributed by atoms with Crippen LogP contribution in [-0.4, -0.2) is 54.3 Å². The van der Waals surface area contributed by atoms with Crippen molar-refractivity contribution in [2.24, 2.45) is 5.92 Å². The van der Waals surface area contributed by atoms with Gasteiger partial charge in [0.05, 0.1) is 6.54 Å². The normalized spacial score (nSPS) is 15.1. The average molecular weight is 422 g/mol. The molecule has 0 saturated carbocycles. The molecular weight excluding hydrogens is 394 g/mol. The molecule has 1 aromatic carbocycles. The molecule has 162 valence electrons. The van der Waals surface area contributed by atoms with Crippen LogP contribution >= 0.6 is 0 Å². The van der Waals surface area contributed by atoms with Crippen LogP contribution in [0.3, 0.4) is 0 Å². The number of amides is 1. The quantitative estimate of drug-likeness (QED) is 0.564. The van der Waals surface area contributed by atoms with Gasteiger partial charge >= 0.3 is 0 Å². The monoisotopic (exact) mass is 421 g/mol. The van der Waals surface area contributed by atoms with Crippen LogP contribution < -0.4 is 0 Å². The van der Waals surface area contributed by atoms with E-state index in [4.69, 9.17) is 4.42 Å². The van der Waals surface area contributed by atoms with Gasteiger partial charge in [0.2, 0.25) is 17.7 Å². The number of hydrogen-bond acceptors (Lipinski definition) is 7. The molecule has 0 aliphatic carbocycles. The van der Waals surface area contributed by atoms with E-state index in [0.717, 1.165) is 49.0 Å². The summed E-state index contributed by atoms with van der Waals surface area (Å²) in [5, 5.41) is 20.2. The van der Waals surface area contributed by atoms with Crippen LogP contribution in [0.4, 0.5) is 0 Å². The zero-order chi connectivity index (χ0) is 21.8. The Kier molecular flexibility index (Phi) is 6.20. The summed E-state index contributed by atoms with van der Waals surface area (Å²) in [6, 6.07) is 6.16. The van der Waals surface area contributed by atoms with Crippen LogP contribution in [0, 0.1) is 26.7 Å². The lowest BCUT2D eigenvalue weighted by atomic mass is 9.93. The lowest BCUT2D eigenvalue weighted by molar-refractivity contribution is -0.127. The fourth-order valence-corrected chi connectivity index (χ4v) is 3.87. The molecule has 0 atom stereocenters. The Labute approximate surface area is 181 Å². The van der Waals surface area contributed by atoms with Crippen LogP contribution in [0.2, 0.25) is 0 Å². The van der Waals surface area contributed by atoms with Gasteiger partial charge < -0.3 is 9.32 Å². The molecule has 0 spiro atoms. The fourth-order valence-electron chi connectivity index (χ4n) is 3.87. The number of carbonyl (C=O) groups excluding carboxylic acids is 1. The van der Waals surface area contributed by atoms with Gasteiger partial charge in [-0.1, -0.05) is 23.8 Å². The maximum Gasteiger partial charge on any atom is 0.246 e. The molecule has 1 amide bonds. The van der Waals surface area contributed by atoms with Crippen molar-refractivity contribution in [1.82, 2.24) is 35.3 Å². The number of aryl methyl sites for hydroxylation is 3. The SMILES string of the molecule is Cc1ccc(/C=C/C(=O)N2CCC(Cc3nnc(C)o3)CC2)c(Cn2nnc(C)n2)c1. The molecule has 1 saturated heterocycles. The van der Waals surface area contributed by atoms with Crippen LogP contribution in [0.15, 0.2) is 28.7 Å². The zero-order valence-corrected chi connectivity index (χ0v) is 18.2.